The minimum absolute atomic E-state index is 0.136. The number of benzene rings is 2. The number of methoxy groups -OCH3 is 1. The molecule has 0 bridgehead atoms. The molecule has 20 heavy (non-hydrogen) atoms. The average Bonchev–Trinajstić information content (AvgIpc) is 2.42. The molecule has 1 atom stereocenters. The Labute approximate surface area is 122 Å². The van der Waals surface area contributed by atoms with Crippen LogP contribution in [0.5, 0.6) is 5.75 Å². The highest BCUT2D eigenvalue weighted by Crippen LogP contribution is 2.28. The quantitative estimate of drug-likeness (QED) is 0.921. The Hall–Kier alpha value is -1.58. The molecular formula is C16H16ClFO2. The molecule has 0 saturated heterocycles. The maximum atomic E-state index is 13.7. The fraction of sp³-hybridized carbons (Fsp3) is 0.250. The van der Waals surface area contributed by atoms with Crippen molar-refractivity contribution >= 4 is 11.6 Å². The van der Waals surface area contributed by atoms with E-state index in [0.29, 0.717) is 16.1 Å². The highest BCUT2D eigenvalue weighted by Gasteiger charge is 2.15. The third-order valence-electron chi connectivity index (χ3n) is 3.26. The van der Waals surface area contributed by atoms with Crippen molar-refractivity contribution < 1.29 is 14.2 Å². The summed E-state index contributed by atoms with van der Waals surface area (Å²) in [6.07, 6.45) is -0.675. The summed E-state index contributed by atoms with van der Waals surface area (Å²) < 4.78 is 18.9. The third kappa shape index (κ3) is 3.11. The van der Waals surface area contributed by atoms with Crippen molar-refractivity contribution in [2.45, 2.75) is 19.4 Å². The highest BCUT2D eigenvalue weighted by atomic mass is 35.5. The first-order valence-electron chi connectivity index (χ1n) is 6.28. The second kappa shape index (κ2) is 6.25. The Morgan fingerprint density at radius 2 is 2.05 bits per heavy atom. The standard InChI is InChI=1S/C16H16ClFO2/c1-10-8-11(6-7-16(10)20-2)15(19)9-12-13(17)4-3-5-14(12)18/h3-8,15,19H,9H2,1-2H3. The topological polar surface area (TPSA) is 29.5 Å². The molecule has 0 radical (unpaired) electrons. The maximum Gasteiger partial charge on any atom is 0.127 e. The van der Waals surface area contributed by atoms with E-state index in [-0.39, 0.29) is 6.42 Å². The molecule has 0 aromatic heterocycles. The lowest BCUT2D eigenvalue weighted by molar-refractivity contribution is 0.177. The van der Waals surface area contributed by atoms with E-state index in [2.05, 4.69) is 0 Å². The van der Waals surface area contributed by atoms with Gasteiger partial charge in [0.2, 0.25) is 0 Å². The van der Waals surface area contributed by atoms with Gasteiger partial charge in [-0.3, -0.25) is 0 Å². The SMILES string of the molecule is COc1ccc(C(O)Cc2c(F)cccc2Cl)cc1C. The molecule has 0 amide bonds. The zero-order valence-electron chi connectivity index (χ0n) is 11.4. The molecule has 2 aromatic carbocycles. The Bertz CT molecular complexity index is 593. The predicted octanol–water partition coefficient (Wildman–Crippen LogP) is 4.07. The molecule has 106 valence electrons. The van der Waals surface area contributed by atoms with Gasteiger partial charge >= 0.3 is 0 Å². The Balaban J connectivity index is 2.24. The van der Waals surface area contributed by atoms with Crippen molar-refractivity contribution in [3.05, 3.63) is 63.9 Å². The van der Waals surface area contributed by atoms with Gasteiger partial charge in [-0.15, -0.1) is 0 Å². The van der Waals surface area contributed by atoms with E-state index < -0.39 is 11.9 Å². The van der Waals surface area contributed by atoms with E-state index in [0.717, 1.165) is 11.3 Å². The number of aryl methyl sites for hydroxylation is 1. The van der Waals surface area contributed by atoms with Gasteiger partial charge in [-0.05, 0) is 42.3 Å². The van der Waals surface area contributed by atoms with Crippen molar-refractivity contribution in [2.24, 2.45) is 0 Å². The zero-order valence-corrected chi connectivity index (χ0v) is 12.1. The molecule has 0 aliphatic carbocycles. The molecule has 0 spiro atoms. The zero-order chi connectivity index (χ0) is 14.7. The van der Waals surface area contributed by atoms with Gasteiger partial charge in [0.05, 0.1) is 13.2 Å². The maximum absolute atomic E-state index is 13.7. The Morgan fingerprint density at radius 1 is 1.30 bits per heavy atom. The molecule has 1 unspecified atom stereocenters. The number of rotatable bonds is 4. The van der Waals surface area contributed by atoms with Crippen LogP contribution in [0.2, 0.25) is 5.02 Å². The van der Waals surface area contributed by atoms with Crippen molar-refractivity contribution in [3.63, 3.8) is 0 Å². The van der Waals surface area contributed by atoms with Crippen LogP contribution in [0.4, 0.5) is 4.39 Å². The van der Waals surface area contributed by atoms with E-state index in [1.54, 1.807) is 31.4 Å². The fourth-order valence-corrected chi connectivity index (χ4v) is 2.39. The van der Waals surface area contributed by atoms with E-state index in [1.165, 1.54) is 6.07 Å². The summed E-state index contributed by atoms with van der Waals surface area (Å²) in [5.41, 5.74) is 1.96. The van der Waals surface area contributed by atoms with Gasteiger partial charge in [0.1, 0.15) is 11.6 Å². The smallest absolute Gasteiger partial charge is 0.127 e. The summed E-state index contributed by atoms with van der Waals surface area (Å²) in [4.78, 5) is 0. The first kappa shape index (κ1) is 14.8. The minimum Gasteiger partial charge on any atom is -0.496 e. The van der Waals surface area contributed by atoms with Gasteiger partial charge in [-0.2, -0.15) is 0 Å². The number of hydrogen-bond acceptors (Lipinski definition) is 2. The summed E-state index contributed by atoms with van der Waals surface area (Å²) in [7, 11) is 1.59. The predicted molar refractivity (Wildman–Crippen MR) is 77.8 cm³/mol. The molecular weight excluding hydrogens is 279 g/mol. The van der Waals surface area contributed by atoms with Crippen molar-refractivity contribution in [3.8, 4) is 5.75 Å². The molecule has 2 rings (SSSR count). The number of halogens is 2. The summed E-state index contributed by atoms with van der Waals surface area (Å²) in [5, 5.41) is 10.6. The van der Waals surface area contributed by atoms with Gasteiger partial charge in [0, 0.05) is 17.0 Å². The van der Waals surface area contributed by atoms with Crippen molar-refractivity contribution in [2.75, 3.05) is 7.11 Å². The van der Waals surface area contributed by atoms with Crippen LogP contribution in [0.1, 0.15) is 22.8 Å². The summed E-state index contributed by atoms with van der Waals surface area (Å²) >= 11 is 5.97. The van der Waals surface area contributed by atoms with E-state index in [9.17, 15) is 9.50 Å². The van der Waals surface area contributed by atoms with Crippen LogP contribution >= 0.6 is 11.6 Å². The first-order chi connectivity index (χ1) is 9.52. The van der Waals surface area contributed by atoms with E-state index in [1.807, 2.05) is 13.0 Å². The fourth-order valence-electron chi connectivity index (χ4n) is 2.15. The lowest BCUT2D eigenvalue weighted by Gasteiger charge is -2.14. The lowest BCUT2D eigenvalue weighted by Crippen LogP contribution is -2.05. The Kier molecular flexibility index (Phi) is 4.63. The molecule has 0 fully saturated rings. The molecule has 0 aliphatic rings. The molecule has 4 heteroatoms. The summed E-state index contributed by atoms with van der Waals surface area (Å²) in [6.45, 7) is 1.89. The number of aliphatic hydroxyl groups is 1. The van der Waals surface area contributed by atoms with Crippen LogP contribution in [0.15, 0.2) is 36.4 Å². The van der Waals surface area contributed by atoms with Gasteiger partial charge in [0.25, 0.3) is 0 Å². The molecule has 0 heterocycles. The van der Waals surface area contributed by atoms with Gasteiger partial charge < -0.3 is 9.84 Å². The van der Waals surface area contributed by atoms with Crippen LogP contribution in [0.25, 0.3) is 0 Å². The number of ether oxygens (including phenoxy) is 1. The highest BCUT2D eigenvalue weighted by molar-refractivity contribution is 6.31. The Morgan fingerprint density at radius 3 is 2.65 bits per heavy atom. The van der Waals surface area contributed by atoms with Crippen molar-refractivity contribution in [1.82, 2.24) is 0 Å². The largest absolute Gasteiger partial charge is 0.496 e. The second-order valence-electron chi connectivity index (χ2n) is 4.65. The number of hydrogen-bond donors (Lipinski definition) is 1. The molecule has 1 N–H and O–H groups in total. The molecule has 0 aliphatic heterocycles. The average molecular weight is 295 g/mol. The lowest BCUT2D eigenvalue weighted by atomic mass is 9.99. The summed E-state index contributed by atoms with van der Waals surface area (Å²) in [6, 6.07) is 9.89. The molecule has 2 nitrogen and oxygen atoms in total. The second-order valence-corrected chi connectivity index (χ2v) is 5.06. The number of aliphatic hydroxyl groups excluding tert-OH is 1. The van der Waals surface area contributed by atoms with Crippen LogP contribution in [0.3, 0.4) is 0 Å². The monoisotopic (exact) mass is 294 g/mol. The van der Waals surface area contributed by atoms with Crippen LogP contribution in [0, 0.1) is 12.7 Å². The van der Waals surface area contributed by atoms with Gasteiger partial charge in [-0.1, -0.05) is 23.7 Å². The molecule has 2 aromatic rings. The first-order valence-corrected chi connectivity index (χ1v) is 6.66. The van der Waals surface area contributed by atoms with Crippen LogP contribution in [-0.4, -0.2) is 12.2 Å². The molecule has 0 saturated carbocycles. The van der Waals surface area contributed by atoms with E-state index >= 15 is 0 Å². The van der Waals surface area contributed by atoms with Crippen LogP contribution < -0.4 is 4.74 Å². The normalized spacial score (nSPS) is 12.2. The summed E-state index contributed by atoms with van der Waals surface area (Å²) in [5.74, 6) is 0.353. The van der Waals surface area contributed by atoms with Gasteiger partial charge in [-0.25, -0.2) is 4.39 Å². The van der Waals surface area contributed by atoms with E-state index in [4.69, 9.17) is 16.3 Å². The minimum atomic E-state index is -0.811. The van der Waals surface area contributed by atoms with Crippen molar-refractivity contribution in [1.29, 1.82) is 0 Å². The van der Waals surface area contributed by atoms with Crippen LogP contribution in [-0.2, 0) is 6.42 Å². The third-order valence-corrected chi connectivity index (χ3v) is 3.62. The van der Waals surface area contributed by atoms with Gasteiger partial charge in [0.15, 0.2) is 0 Å².